The molecule has 0 bridgehead atoms. The van der Waals surface area contributed by atoms with Crippen LogP contribution < -0.4 is 0 Å². The standard InChI is InChI=1S/C26H25F3N10O2/c27-26(28,29)24-35-17(14-40)9-20(36-24)23(41)38-7-5-37(6-8-38)18-10-25(11-18,2-3-30)39-13-16(12-34-39)21-19-1-4-31-22(19)33-15-32-21/h1,4,9,12-13,15,18,40H,2,5-8,10-11,14H2,(H,31,32,33). The molecule has 1 aliphatic heterocycles. The third kappa shape index (κ3) is 4.89. The monoisotopic (exact) mass is 566 g/mol. The van der Waals surface area contributed by atoms with Crippen LogP contribution in [-0.4, -0.2) is 87.7 Å². The molecule has 2 N–H and O–H groups in total. The number of halogens is 3. The fourth-order valence-corrected chi connectivity index (χ4v) is 5.71. The number of piperazine rings is 1. The van der Waals surface area contributed by atoms with Gasteiger partial charge in [0.1, 0.15) is 17.7 Å². The van der Waals surface area contributed by atoms with Crippen LogP contribution in [0.25, 0.3) is 22.3 Å². The Kier molecular flexibility index (Phi) is 6.66. The van der Waals surface area contributed by atoms with Crippen LogP contribution in [0.3, 0.4) is 0 Å². The topological polar surface area (TPSA) is 153 Å². The number of aliphatic hydroxyl groups is 1. The molecule has 1 aliphatic carbocycles. The van der Waals surface area contributed by atoms with E-state index in [0.29, 0.717) is 39.0 Å². The first kappa shape index (κ1) is 26.8. The maximum absolute atomic E-state index is 13.2. The molecule has 0 aromatic carbocycles. The number of nitrogens with zero attached hydrogens (tertiary/aromatic N) is 9. The van der Waals surface area contributed by atoms with Crippen LogP contribution >= 0.6 is 0 Å². The zero-order valence-electron chi connectivity index (χ0n) is 21.7. The number of carbonyl (C=O) groups excluding carboxylic acids is 1. The summed E-state index contributed by atoms with van der Waals surface area (Å²) in [5.74, 6) is -2.08. The first-order valence-corrected chi connectivity index (χ1v) is 13.0. The molecule has 1 saturated carbocycles. The number of nitriles is 1. The largest absolute Gasteiger partial charge is 0.451 e. The predicted octanol–water partition coefficient (Wildman–Crippen LogP) is 2.35. The molecule has 0 radical (unpaired) electrons. The number of aliphatic hydroxyl groups excluding tert-OH is 1. The van der Waals surface area contributed by atoms with Crippen molar-refractivity contribution in [1.29, 1.82) is 5.26 Å². The summed E-state index contributed by atoms with van der Waals surface area (Å²) in [7, 11) is 0. The molecule has 4 aromatic heterocycles. The van der Waals surface area contributed by atoms with Crippen molar-refractivity contribution in [2.24, 2.45) is 0 Å². The lowest BCUT2D eigenvalue weighted by Gasteiger charge is -2.52. The molecule has 4 aromatic rings. The number of aromatic amines is 1. The second-order valence-corrected chi connectivity index (χ2v) is 10.3. The summed E-state index contributed by atoms with van der Waals surface area (Å²) >= 11 is 0. The van der Waals surface area contributed by atoms with Crippen molar-refractivity contribution in [1.82, 2.24) is 44.5 Å². The van der Waals surface area contributed by atoms with Gasteiger partial charge in [-0.3, -0.25) is 14.4 Å². The first-order valence-electron chi connectivity index (χ1n) is 13.0. The fraction of sp³-hybridized carbons (Fsp3) is 0.423. The lowest BCUT2D eigenvalue weighted by Crippen LogP contribution is -2.60. The minimum Gasteiger partial charge on any atom is -0.390 e. The highest BCUT2D eigenvalue weighted by atomic mass is 19.4. The summed E-state index contributed by atoms with van der Waals surface area (Å²) in [5.41, 5.74) is 1.18. The van der Waals surface area contributed by atoms with E-state index in [-0.39, 0.29) is 18.2 Å². The minimum atomic E-state index is -4.84. The molecule has 2 aliphatic rings. The molecule has 5 heterocycles. The van der Waals surface area contributed by atoms with Gasteiger partial charge < -0.3 is 15.0 Å². The molecule has 0 unspecified atom stereocenters. The molecule has 212 valence electrons. The molecule has 0 atom stereocenters. The van der Waals surface area contributed by atoms with Gasteiger partial charge in [0.05, 0.1) is 42.2 Å². The zero-order chi connectivity index (χ0) is 28.8. The normalized spacial score (nSPS) is 21.5. The van der Waals surface area contributed by atoms with Gasteiger partial charge >= 0.3 is 6.18 Å². The van der Waals surface area contributed by atoms with E-state index in [2.05, 4.69) is 41.0 Å². The first-order chi connectivity index (χ1) is 19.7. The van der Waals surface area contributed by atoms with Gasteiger partial charge in [-0.25, -0.2) is 19.9 Å². The summed E-state index contributed by atoms with van der Waals surface area (Å²) in [6, 6.07) is 5.46. The van der Waals surface area contributed by atoms with E-state index in [0.717, 1.165) is 28.4 Å². The maximum atomic E-state index is 13.2. The number of amides is 1. The predicted molar refractivity (Wildman–Crippen MR) is 137 cm³/mol. The summed E-state index contributed by atoms with van der Waals surface area (Å²) in [6.45, 7) is 0.943. The molecule has 1 saturated heterocycles. The zero-order valence-corrected chi connectivity index (χ0v) is 21.7. The number of fused-ring (bicyclic) bond motifs is 1. The van der Waals surface area contributed by atoms with Crippen molar-refractivity contribution in [3.8, 4) is 17.3 Å². The SMILES string of the molecule is N#CCC1(n2cc(-c3ncnc4[nH]ccc34)cn2)CC(N2CCN(C(=O)c3cc(CO)nc(C(F)(F)F)n3)CC2)C1. The van der Waals surface area contributed by atoms with Crippen LogP contribution in [0.5, 0.6) is 0 Å². The number of aromatic nitrogens is 7. The van der Waals surface area contributed by atoms with Crippen LogP contribution in [0.15, 0.2) is 37.1 Å². The van der Waals surface area contributed by atoms with Crippen LogP contribution in [0.1, 0.15) is 41.3 Å². The quantitative estimate of drug-likeness (QED) is 0.358. The second-order valence-electron chi connectivity index (χ2n) is 10.3. The number of hydrogen-bond donors (Lipinski definition) is 2. The summed E-state index contributed by atoms with van der Waals surface area (Å²) < 4.78 is 41.4. The third-order valence-corrected chi connectivity index (χ3v) is 7.87. The molecule has 12 nitrogen and oxygen atoms in total. The van der Waals surface area contributed by atoms with Gasteiger partial charge in [0.25, 0.3) is 5.91 Å². The van der Waals surface area contributed by atoms with E-state index in [1.54, 1.807) is 12.4 Å². The van der Waals surface area contributed by atoms with Gasteiger partial charge in [-0.05, 0) is 25.0 Å². The molecule has 0 spiro atoms. The number of alkyl halides is 3. The van der Waals surface area contributed by atoms with E-state index >= 15 is 0 Å². The lowest BCUT2D eigenvalue weighted by molar-refractivity contribution is -0.145. The molecule has 15 heteroatoms. The van der Waals surface area contributed by atoms with Gasteiger partial charge in [-0.15, -0.1) is 0 Å². The Balaban J connectivity index is 1.12. The summed E-state index contributed by atoms with van der Waals surface area (Å²) in [4.78, 5) is 35.1. The van der Waals surface area contributed by atoms with E-state index < -0.39 is 35.7 Å². The Morgan fingerprint density at radius 1 is 1.20 bits per heavy atom. The highest BCUT2D eigenvalue weighted by molar-refractivity contribution is 5.92. The van der Waals surface area contributed by atoms with Crippen molar-refractivity contribution in [2.45, 2.75) is 43.6 Å². The minimum absolute atomic E-state index is 0.167. The van der Waals surface area contributed by atoms with Crippen LogP contribution in [-0.2, 0) is 18.3 Å². The number of rotatable bonds is 6. The highest BCUT2D eigenvalue weighted by Crippen LogP contribution is 2.45. The maximum Gasteiger partial charge on any atom is 0.451 e. The lowest BCUT2D eigenvalue weighted by atomic mass is 9.70. The Bertz CT molecular complexity index is 1630. The van der Waals surface area contributed by atoms with Gasteiger partial charge in [0.15, 0.2) is 0 Å². The van der Waals surface area contributed by atoms with Crippen molar-refractivity contribution < 1.29 is 23.1 Å². The van der Waals surface area contributed by atoms with E-state index in [9.17, 15) is 28.3 Å². The molecular formula is C26H25F3N10O2. The van der Waals surface area contributed by atoms with Crippen LogP contribution in [0.2, 0.25) is 0 Å². The van der Waals surface area contributed by atoms with Gasteiger partial charge in [0.2, 0.25) is 5.82 Å². The molecular weight excluding hydrogens is 541 g/mol. The van der Waals surface area contributed by atoms with E-state index in [1.807, 2.05) is 16.9 Å². The van der Waals surface area contributed by atoms with Crippen molar-refractivity contribution >= 4 is 16.9 Å². The van der Waals surface area contributed by atoms with E-state index in [1.165, 1.54) is 11.2 Å². The van der Waals surface area contributed by atoms with Crippen molar-refractivity contribution in [2.75, 3.05) is 26.2 Å². The number of H-pyrrole nitrogens is 1. The van der Waals surface area contributed by atoms with Crippen molar-refractivity contribution in [3.05, 3.63) is 54.3 Å². The average Bonchev–Trinajstić information content (AvgIpc) is 3.64. The van der Waals surface area contributed by atoms with Gasteiger partial charge in [-0.2, -0.15) is 23.5 Å². The Labute approximate surface area is 231 Å². The third-order valence-electron chi connectivity index (χ3n) is 7.87. The van der Waals surface area contributed by atoms with Crippen LogP contribution in [0.4, 0.5) is 13.2 Å². The number of carbonyl (C=O) groups is 1. The van der Waals surface area contributed by atoms with Crippen molar-refractivity contribution in [3.63, 3.8) is 0 Å². The molecule has 6 rings (SSSR count). The molecule has 2 fully saturated rings. The van der Waals surface area contributed by atoms with E-state index in [4.69, 9.17) is 0 Å². The Morgan fingerprint density at radius 3 is 2.68 bits per heavy atom. The number of hydrogen-bond acceptors (Lipinski definition) is 9. The molecule has 41 heavy (non-hydrogen) atoms. The Hall–Kier alpha value is -4.42. The second kappa shape index (κ2) is 10.2. The highest BCUT2D eigenvalue weighted by Gasteiger charge is 2.49. The summed E-state index contributed by atoms with van der Waals surface area (Å²) in [5, 5.41) is 24.4. The smallest absolute Gasteiger partial charge is 0.390 e. The van der Waals surface area contributed by atoms with Gasteiger partial charge in [0, 0.05) is 55.6 Å². The summed E-state index contributed by atoms with van der Waals surface area (Å²) in [6.07, 6.45) is 3.78. The molecule has 1 amide bonds. The van der Waals surface area contributed by atoms with Gasteiger partial charge in [-0.1, -0.05) is 0 Å². The van der Waals surface area contributed by atoms with Crippen LogP contribution in [0, 0.1) is 11.3 Å². The number of nitrogens with one attached hydrogen (secondary N) is 1. The average molecular weight is 567 g/mol. The fourth-order valence-electron chi connectivity index (χ4n) is 5.71. The Morgan fingerprint density at radius 2 is 1.98 bits per heavy atom.